The molecule has 0 amide bonds. The van der Waals surface area contributed by atoms with Crippen molar-refractivity contribution in [1.29, 1.82) is 0 Å². The largest absolute Gasteiger partial charge is 0.310 e. The van der Waals surface area contributed by atoms with E-state index in [0.717, 1.165) is 12.5 Å². The van der Waals surface area contributed by atoms with Gasteiger partial charge in [0.1, 0.15) is 5.82 Å². The average molecular weight is 316 g/mol. The van der Waals surface area contributed by atoms with Gasteiger partial charge in [0.05, 0.1) is 5.54 Å². The molecule has 1 heterocycles. The van der Waals surface area contributed by atoms with Gasteiger partial charge in [-0.05, 0) is 64.8 Å². The SMILES string of the molecule is CC(C)(NCC1CC1)c1nnc(C2CCCCCC2)n1C1CC1. The molecular formula is C19H32N4. The van der Waals surface area contributed by atoms with E-state index in [4.69, 9.17) is 10.2 Å². The molecule has 0 aliphatic heterocycles. The summed E-state index contributed by atoms with van der Waals surface area (Å²) in [5.74, 6) is 4.01. The topological polar surface area (TPSA) is 42.7 Å². The summed E-state index contributed by atoms with van der Waals surface area (Å²) in [6.45, 7) is 5.70. The lowest BCUT2D eigenvalue weighted by molar-refractivity contribution is 0.353. The van der Waals surface area contributed by atoms with E-state index in [-0.39, 0.29) is 5.54 Å². The van der Waals surface area contributed by atoms with Gasteiger partial charge in [0, 0.05) is 12.0 Å². The van der Waals surface area contributed by atoms with Crippen LogP contribution in [0.4, 0.5) is 0 Å². The molecule has 4 nitrogen and oxygen atoms in total. The Balaban J connectivity index is 1.59. The molecule has 1 N–H and O–H groups in total. The minimum absolute atomic E-state index is 0.0683. The molecule has 128 valence electrons. The van der Waals surface area contributed by atoms with Crippen LogP contribution >= 0.6 is 0 Å². The maximum Gasteiger partial charge on any atom is 0.153 e. The van der Waals surface area contributed by atoms with E-state index < -0.39 is 0 Å². The molecule has 0 aromatic carbocycles. The number of hydrogen-bond donors (Lipinski definition) is 1. The van der Waals surface area contributed by atoms with E-state index in [9.17, 15) is 0 Å². The van der Waals surface area contributed by atoms with Crippen LogP contribution in [0.15, 0.2) is 0 Å². The van der Waals surface area contributed by atoms with Crippen LogP contribution in [0, 0.1) is 5.92 Å². The summed E-state index contributed by atoms with van der Waals surface area (Å²) in [6, 6.07) is 0.667. The van der Waals surface area contributed by atoms with Gasteiger partial charge in [-0.2, -0.15) is 0 Å². The van der Waals surface area contributed by atoms with E-state index in [0.29, 0.717) is 12.0 Å². The van der Waals surface area contributed by atoms with Crippen molar-refractivity contribution in [3.8, 4) is 0 Å². The summed E-state index contributed by atoms with van der Waals surface area (Å²) < 4.78 is 2.54. The lowest BCUT2D eigenvalue weighted by Gasteiger charge is -2.27. The molecule has 0 bridgehead atoms. The van der Waals surface area contributed by atoms with E-state index >= 15 is 0 Å². The van der Waals surface area contributed by atoms with Gasteiger partial charge < -0.3 is 9.88 Å². The van der Waals surface area contributed by atoms with Gasteiger partial charge in [-0.15, -0.1) is 10.2 Å². The first kappa shape index (κ1) is 15.6. The fraction of sp³-hybridized carbons (Fsp3) is 0.895. The highest BCUT2D eigenvalue weighted by atomic mass is 15.3. The van der Waals surface area contributed by atoms with Crippen molar-refractivity contribution < 1.29 is 0 Å². The fourth-order valence-corrected chi connectivity index (χ4v) is 4.04. The second kappa shape index (κ2) is 6.19. The molecule has 0 radical (unpaired) electrons. The van der Waals surface area contributed by atoms with Crippen molar-refractivity contribution in [1.82, 2.24) is 20.1 Å². The van der Waals surface area contributed by atoms with E-state index in [1.807, 2.05) is 0 Å². The number of nitrogens with zero attached hydrogens (tertiary/aromatic N) is 3. The van der Waals surface area contributed by atoms with Crippen LogP contribution in [0.2, 0.25) is 0 Å². The van der Waals surface area contributed by atoms with E-state index in [2.05, 4.69) is 23.7 Å². The van der Waals surface area contributed by atoms with Gasteiger partial charge in [-0.1, -0.05) is 25.7 Å². The molecule has 3 aliphatic rings. The molecule has 1 aromatic heterocycles. The minimum Gasteiger partial charge on any atom is -0.310 e. The minimum atomic E-state index is -0.0683. The standard InChI is InChI=1S/C19H32N4/c1-19(2,20-13-14-9-10-14)18-22-21-17(23(18)16-11-12-16)15-7-5-3-4-6-8-15/h14-16,20H,3-13H2,1-2H3. The molecule has 4 heteroatoms. The summed E-state index contributed by atoms with van der Waals surface area (Å²) in [5.41, 5.74) is -0.0683. The van der Waals surface area contributed by atoms with E-state index in [1.165, 1.54) is 75.9 Å². The van der Waals surface area contributed by atoms with Gasteiger partial charge in [-0.25, -0.2) is 0 Å². The lowest BCUT2D eigenvalue weighted by atomic mass is 9.98. The molecule has 0 spiro atoms. The predicted octanol–water partition coefficient (Wildman–Crippen LogP) is 4.29. The van der Waals surface area contributed by atoms with Crippen LogP contribution in [0.25, 0.3) is 0 Å². The molecule has 4 rings (SSSR count). The molecule has 3 aliphatic carbocycles. The third-order valence-electron chi connectivity index (χ3n) is 5.94. The first-order chi connectivity index (χ1) is 11.1. The molecule has 3 fully saturated rings. The van der Waals surface area contributed by atoms with Crippen molar-refractivity contribution in [2.45, 2.75) is 95.6 Å². The number of aromatic nitrogens is 3. The Morgan fingerprint density at radius 1 is 0.957 bits per heavy atom. The highest BCUT2D eigenvalue weighted by molar-refractivity contribution is 5.14. The monoisotopic (exact) mass is 316 g/mol. The summed E-state index contributed by atoms with van der Waals surface area (Å²) in [7, 11) is 0. The van der Waals surface area contributed by atoms with Crippen molar-refractivity contribution in [3.05, 3.63) is 11.6 Å². The van der Waals surface area contributed by atoms with Crippen LogP contribution < -0.4 is 5.32 Å². The van der Waals surface area contributed by atoms with Gasteiger partial charge in [0.2, 0.25) is 0 Å². The highest BCUT2D eigenvalue weighted by Gasteiger charge is 2.38. The third-order valence-corrected chi connectivity index (χ3v) is 5.94. The van der Waals surface area contributed by atoms with Crippen LogP contribution in [-0.2, 0) is 5.54 Å². The second-order valence-corrected chi connectivity index (χ2v) is 8.62. The van der Waals surface area contributed by atoms with Crippen LogP contribution in [0.5, 0.6) is 0 Å². The lowest BCUT2D eigenvalue weighted by Crippen LogP contribution is -2.40. The zero-order valence-corrected chi connectivity index (χ0v) is 14.9. The van der Waals surface area contributed by atoms with Gasteiger partial charge in [0.15, 0.2) is 5.82 Å². The van der Waals surface area contributed by atoms with Crippen molar-refractivity contribution in [3.63, 3.8) is 0 Å². The molecule has 0 saturated heterocycles. The van der Waals surface area contributed by atoms with Crippen molar-refractivity contribution in [2.75, 3.05) is 6.54 Å². The average Bonchev–Trinajstić information content (AvgIpc) is 3.43. The van der Waals surface area contributed by atoms with Crippen molar-refractivity contribution >= 4 is 0 Å². The Hall–Kier alpha value is -0.900. The maximum atomic E-state index is 4.72. The third kappa shape index (κ3) is 3.47. The summed E-state index contributed by atoms with van der Waals surface area (Å²) in [4.78, 5) is 0. The zero-order valence-electron chi connectivity index (χ0n) is 14.9. The summed E-state index contributed by atoms with van der Waals surface area (Å²) in [6.07, 6.45) is 13.5. The van der Waals surface area contributed by atoms with Crippen molar-refractivity contribution in [2.24, 2.45) is 5.92 Å². The number of nitrogens with one attached hydrogen (secondary N) is 1. The molecule has 23 heavy (non-hydrogen) atoms. The Bertz CT molecular complexity index is 532. The molecule has 0 unspecified atom stereocenters. The first-order valence-corrected chi connectivity index (χ1v) is 9.85. The quantitative estimate of drug-likeness (QED) is 0.796. The van der Waals surface area contributed by atoms with E-state index in [1.54, 1.807) is 0 Å². The summed E-state index contributed by atoms with van der Waals surface area (Å²) >= 11 is 0. The summed E-state index contributed by atoms with van der Waals surface area (Å²) in [5, 5.41) is 13.2. The fourth-order valence-electron chi connectivity index (χ4n) is 4.04. The highest BCUT2D eigenvalue weighted by Crippen LogP contribution is 2.42. The van der Waals surface area contributed by atoms with Crippen LogP contribution in [-0.4, -0.2) is 21.3 Å². The Morgan fingerprint density at radius 3 is 2.26 bits per heavy atom. The number of rotatable bonds is 6. The normalized spacial score (nSPS) is 23.9. The Morgan fingerprint density at radius 2 is 1.65 bits per heavy atom. The van der Waals surface area contributed by atoms with Gasteiger partial charge >= 0.3 is 0 Å². The Labute approximate surface area is 140 Å². The number of hydrogen-bond acceptors (Lipinski definition) is 3. The second-order valence-electron chi connectivity index (χ2n) is 8.62. The maximum absolute atomic E-state index is 4.72. The van der Waals surface area contributed by atoms with Crippen LogP contribution in [0.1, 0.15) is 102 Å². The Kier molecular flexibility index (Phi) is 4.21. The predicted molar refractivity (Wildman–Crippen MR) is 92.5 cm³/mol. The molecular weight excluding hydrogens is 284 g/mol. The van der Waals surface area contributed by atoms with Gasteiger partial charge in [-0.3, -0.25) is 0 Å². The molecule has 3 saturated carbocycles. The van der Waals surface area contributed by atoms with Gasteiger partial charge in [0.25, 0.3) is 0 Å². The smallest absolute Gasteiger partial charge is 0.153 e. The zero-order chi connectivity index (χ0) is 15.9. The van der Waals surface area contributed by atoms with Crippen LogP contribution in [0.3, 0.4) is 0 Å². The molecule has 1 aromatic rings. The first-order valence-electron chi connectivity index (χ1n) is 9.85. The molecule has 0 atom stereocenters.